The monoisotopic (exact) mass is 645 g/mol. The SMILES string of the molecule is c1ccc(N(c2ccccc2)c2cccc(N(c3ccccc3)c3ccc(-c4nc(-c5ccncc5)nc(-c5ccncc5)n4)cc3)c2)cc1. The molecule has 0 amide bonds. The molecule has 0 spiro atoms. The van der Waals surface area contributed by atoms with Crippen LogP contribution in [0.2, 0.25) is 0 Å². The Labute approximate surface area is 290 Å². The van der Waals surface area contributed by atoms with E-state index >= 15 is 0 Å². The highest BCUT2D eigenvalue weighted by Gasteiger charge is 2.18. The van der Waals surface area contributed by atoms with Crippen molar-refractivity contribution in [3.05, 3.63) is 189 Å². The fourth-order valence-corrected chi connectivity index (χ4v) is 5.92. The smallest absolute Gasteiger partial charge is 0.164 e. The molecular weight excluding hydrogens is 615 g/mol. The molecule has 0 fully saturated rings. The van der Waals surface area contributed by atoms with Crippen LogP contribution in [0.3, 0.4) is 0 Å². The van der Waals surface area contributed by atoms with Gasteiger partial charge in [-0.15, -0.1) is 0 Å². The molecule has 7 heteroatoms. The summed E-state index contributed by atoms with van der Waals surface area (Å²) in [4.78, 5) is 27.5. The molecule has 238 valence electrons. The summed E-state index contributed by atoms with van der Waals surface area (Å²) < 4.78 is 0. The number of pyridine rings is 2. The van der Waals surface area contributed by atoms with Crippen molar-refractivity contribution >= 4 is 34.1 Å². The first-order valence-corrected chi connectivity index (χ1v) is 16.3. The number of benzene rings is 5. The maximum Gasteiger partial charge on any atom is 0.164 e. The van der Waals surface area contributed by atoms with Crippen LogP contribution in [-0.4, -0.2) is 24.9 Å². The number of aromatic nitrogens is 5. The topological polar surface area (TPSA) is 70.9 Å². The van der Waals surface area contributed by atoms with Crippen LogP contribution in [0.15, 0.2) is 189 Å². The van der Waals surface area contributed by atoms with Crippen molar-refractivity contribution in [3.8, 4) is 34.2 Å². The molecule has 8 aromatic rings. The summed E-state index contributed by atoms with van der Waals surface area (Å²) in [6, 6.07) is 55.9. The maximum atomic E-state index is 4.89. The van der Waals surface area contributed by atoms with Crippen molar-refractivity contribution < 1.29 is 0 Å². The van der Waals surface area contributed by atoms with E-state index in [2.05, 4.69) is 141 Å². The number of anilines is 6. The average molecular weight is 646 g/mol. The summed E-state index contributed by atoms with van der Waals surface area (Å²) in [5, 5.41) is 0. The molecule has 0 N–H and O–H groups in total. The second-order valence-corrected chi connectivity index (χ2v) is 11.5. The zero-order valence-corrected chi connectivity index (χ0v) is 27.0. The van der Waals surface area contributed by atoms with Crippen molar-refractivity contribution in [1.29, 1.82) is 0 Å². The molecule has 0 saturated heterocycles. The summed E-state index contributed by atoms with van der Waals surface area (Å²) in [7, 11) is 0. The van der Waals surface area contributed by atoms with E-state index in [0.717, 1.165) is 50.8 Å². The van der Waals surface area contributed by atoms with Crippen LogP contribution in [-0.2, 0) is 0 Å². The van der Waals surface area contributed by atoms with Gasteiger partial charge in [0.15, 0.2) is 17.5 Å². The fourth-order valence-electron chi connectivity index (χ4n) is 5.92. The molecule has 7 nitrogen and oxygen atoms in total. The summed E-state index contributed by atoms with van der Waals surface area (Å²) in [6.07, 6.45) is 6.97. The molecule has 0 bridgehead atoms. The Morgan fingerprint density at radius 2 is 0.600 bits per heavy atom. The van der Waals surface area contributed by atoms with E-state index in [-0.39, 0.29) is 0 Å². The fraction of sp³-hybridized carbons (Fsp3) is 0. The van der Waals surface area contributed by atoms with Crippen LogP contribution >= 0.6 is 0 Å². The number of nitrogens with zero attached hydrogens (tertiary/aromatic N) is 7. The number of hydrogen-bond acceptors (Lipinski definition) is 7. The van der Waals surface area contributed by atoms with Gasteiger partial charge in [0.25, 0.3) is 0 Å². The van der Waals surface area contributed by atoms with Crippen LogP contribution in [0.25, 0.3) is 34.2 Å². The molecule has 0 aliphatic heterocycles. The second-order valence-electron chi connectivity index (χ2n) is 11.5. The third-order valence-electron chi connectivity index (χ3n) is 8.29. The summed E-state index contributed by atoms with van der Waals surface area (Å²) in [6.45, 7) is 0. The van der Waals surface area contributed by atoms with Gasteiger partial charge in [-0.25, -0.2) is 15.0 Å². The number of rotatable bonds is 9. The van der Waals surface area contributed by atoms with Crippen LogP contribution in [0.5, 0.6) is 0 Å². The van der Waals surface area contributed by atoms with E-state index < -0.39 is 0 Å². The molecule has 0 aliphatic carbocycles. The lowest BCUT2D eigenvalue weighted by atomic mass is 10.1. The minimum atomic E-state index is 0.581. The van der Waals surface area contributed by atoms with Crippen molar-refractivity contribution in [2.45, 2.75) is 0 Å². The van der Waals surface area contributed by atoms with Gasteiger partial charge < -0.3 is 9.80 Å². The first-order chi connectivity index (χ1) is 24.8. The Bertz CT molecular complexity index is 2210. The zero-order valence-electron chi connectivity index (χ0n) is 27.0. The van der Waals surface area contributed by atoms with Gasteiger partial charge in [-0.3, -0.25) is 9.97 Å². The summed E-state index contributed by atoms with van der Waals surface area (Å²) in [5.41, 5.74) is 8.90. The number of hydrogen-bond donors (Lipinski definition) is 0. The molecule has 5 aromatic carbocycles. The summed E-state index contributed by atoms with van der Waals surface area (Å²) in [5.74, 6) is 1.75. The standard InChI is InChI=1S/C43H31N7/c1-4-11-35(12-5-1)49(36-13-6-2-7-14-36)39-17-10-18-40(31-39)50(37-15-8-3-9-16-37)38-21-19-32(20-22-38)41-46-42(33-23-27-44-28-24-33)48-43(47-41)34-25-29-45-30-26-34/h1-31H. The van der Waals surface area contributed by atoms with Crippen molar-refractivity contribution in [3.63, 3.8) is 0 Å². The molecule has 0 radical (unpaired) electrons. The van der Waals surface area contributed by atoms with E-state index in [1.165, 1.54) is 0 Å². The normalized spacial score (nSPS) is 10.8. The van der Waals surface area contributed by atoms with Crippen LogP contribution in [0.1, 0.15) is 0 Å². The van der Waals surface area contributed by atoms with Crippen molar-refractivity contribution in [2.24, 2.45) is 0 Å². The molecule has 0 unspecified atom stereocenters. The van der Waals surface area contributed by atoms with Crippen molar-refractivity contribution in [2.75, 3.05) is 9.80 Å². The van der Waals surface area contributed by atoms with Gasteiger partial charge in [0.1, 0.15) is 0 Å². The highest BCUT2D eigenvalue weighted by atomic mass is 15.2. The third kappa shape index (κ3) is 6.43. The van der Waals surface area contributed by atoms with E-state index in [4.69, 9.17) is 15.0 Å². The molecule has 8 rings (SSSR count). The van der Waals surface area contributed by atoms with E-state index in [1.807, 2.05) is 42.5 Å². The predicted octanol–water partition coefficient (Wildman–Crippen LogP) is 10.6. The van der Waals surface area contributed by atoms with E-state index in [0.29, 0.717) is 17.5 Å². The number of para-hydroxylation sites is 3. The average Bonchev–Trinajstić information content (AvgIpc) is 3.20. The largest absolute Gasteiger partial charge is 0.310 e. The Kier molecular flexibility index (Phi) is 8.51. The second kappa shape index (κ2) is 14.0. The van der Waals surface area contributed by atoms with Gasteiger partial charge in [0.2, 0.25) is 0 Å². The highest BCUT2D eigenvalue weighted by molar-refractivity contribution is 5.83. The Morgan fingerprint density at radius 1 is 0.280 bits per heavy atom. The first kappa shape index (κ1) is 30.4. The molecule has 50 heavy (non-hydrogen) atoms. The zero-order chi connectivity index (χ0) is 33.5. The van der Waals surface area contributed by atoms with Gasteiger partial charge in [-0.1, -0.05) is 60.7 Å². The van der Waals surface area contributed by atoms with E-state index in [9.17, 15) is 0 Å². The molecule has 0 atom stereocenters. The molecule has 3 heterocycles. The van der Waals surface area contributed by atoms with Crippen LogP contribution < -0.4 is 9.80 Å². The lowest BCUT2D eigenvalue weighted by Gasteiger charge is -2.29. The Hall–Kier alpha value is -6.99. The van der Waals surface area contributed by atoms with E-state index in [1.54, 1.807) is 24.8 Å². The lowest BCUT2D eigenvalue weighted by Crippen LogP contribution is -2.13. The first-order valence-electron chi connectivity index (χ1n) is 16.3. The van der Waals surface area contributed by atoms with Crippen LogP contribution in [0.4, 0.5) is 34.1 Å². The minimum Gasteiger partial charge on any atom is -0.310 e. The molecular formula is C43H31N7. The third-order valence-corrected chi connectivity index (χ3v) is 8.29. The van der Waals surface area contributed by atoms with Gasteiger partial charge in [-0.2, -0.15) is 0 Å². The Morgan fingerprint density at radius 3 is 0.980 bits per heavy atom. The quantitative estimate of drug-likeness (QED) is 0.155. The highest BCUT2D eigenvalue weighted by Crippen LogP contribution is 2.40. The minimum absolute atomic E-state index is 0.581. The van der Waals surface area contributed by atoms with Gasteiger partial charge in [-0.05, 0) is 103 Å². The molecule has 3 aromatic heterocycles. The lowest BCUT2D eigenvalue weighted by molar-refractivity contribution is 1.07. The van der Waals surface area contributed by atoms with Gasteiger partial charge >= 0.3 is 0 Å². The van der Waals surface area contributed by atoms with Crippen molar-refractivity contribution in [1.82, 2.24) is 24.9 Å². The van der Waals surface area contributed by atoms with Gasteiger partial charge in [0, 0.05) is 75.6 Å². The Balaban J connectivity index is 1.21. The summed E-state index contributed by atoms with van der Waals surface area (Å²) >= 11 is 0. The van der Waals surface area contributed by atoms with Crippen LogP contribution in [0, 0.1) is 0 Å². The predicted molar refractivity (Wildman–Crippen MR) is 201 cm³/mol. The maximum absolute atomic E-state index is 4.89. The molecule has 0 saturated carbocycles. The molecule has 0 aliphatic rings. The van der Waals surface area contributed by atoms with Gasteiger partial charge in [0.05, 0.1) is 0 Å².